The second kappa shape index (κ2) is 6.02. The van der Waals surface area contributed by atoms with Gasteiger partial charge in [-0.25, -0.2) is 0 Å². The van der Waals surface area contributed by atoms with Gasteiger partial charge in [0.05, 0.1) is 17.4 Å². The largest absolute Gasteiger partial charge is 0.366 e. The molecule has 4 nitrogen and oxygen atoms in total. The SMILES string of the molecule is CC(C)OC(C)C(=O)Nc1ccccc1C#N. The summed E-state index contributed by atoms with van der Waals surface area (Å²) in [5.41, 5.74) is 0.955. The van der Waals surface area contributed by atoms with Crippen LogP contribution in [0.25, 0.3) is 0 Å². The van der Waals surface area contributed by atoms with Gasteiger partial charge in [-0.1, -0.05) is 12.1 Å². The highest BCUT2D eigenvalue weighted by atomic mass is 16.5. The maximum atomic E-state index is 11.8. The van der Waals surface area contributed by atoms with Gasteiger partial charge in [-0.15, -0.1) is 0 Å². The van der Waals surface area contributed by atoms with Crippen LogP contribution in [-0.2, 0) is 9.53 Å². The molecule has 1 aromatic rings. The molecule has 1 aromatic carbocycles. The molecule has 1 amide bonds. The third kappa shape index (κ3) is 3.89. The number of amides is 1. The van der Waals surface area contributed by atoms with Crippen LogP contribution in [0.3, 0.4) is 0 Å². The summed E-state index contributed by atoms with van der Waals surface area (Å²) >= 11 is 0. The molecule has 17 heavy (non-hydrogen) atoms. The Bertz CT molecular complexity index is 435. The predicted octanol–water partition coefficient (Wildman–Crippen LogP) is 2.31. The molecule has 0 heterocycles. The van der Waals surface area contributed by atoms with Gasteiger partial charge in [0, 0.05) is 0 Å². The van der Waals surface area contributed by atoms with Crippen LogP contribution in [0.2, 0.25) is 0 Å². The molecular formula is C13H16N2O2. The number of nitrogens with one attached hydrogen (secondary N) is 1. The third-order valence-corrected chi connectivity index (χ3v) is 2.15. The highest BCUT2D eigenvalue weighted by Gasteiger charge is 2.15. The van der Waals surface area contributed by atoms with Crippen molar-refractivity contribution in [1.29, 1.82) is 5.26 Å². The lowest BCUT2D eigenvalue weighted by molar-refractivity contribution is -0.128. The number of hydrogen-bond donors (Lipinski definition) is 1. The summed E-state index contributed by atoms with van der Waals surface area (Å²) in [7, 11) is 0. The van der Waals surface area contributed by atoms with Gasteiger partial charge in [-0.3, -0.25) is 4.79 Å². The fourth-order valence-corrected chi connectivity index (χ4v) is 1.39. The van der Waals surface area contributed by atoms with Crippen molar-refractivity contribution in [3.8, 4) is 6.07 Å². The molecule has 1 atom stereocenters. The van der Waals surface area contributed by atoms with Crippen LogP contribution in [0.15, 0.2) is 24.3 Å². The molecule has 0 saturated carbocycles. The Morgan fingerprint density at radius 3 is 2.59 bits per heavy atom. The van der Waals surface area contributed by atoms with E-state index in [2.05, 4.69) is 5.32 Å². The van der Waals surface area contributed by atoms with Crippen molar-refractivity contribution >= 4 is 11.6 Å². The summed E-state index contributed by atoms with van der Waals surface area (Å²) in [6.07, 6.45) is -0.552. The number of hydrogen-bond acceptors (Lipinski definition) is 3. The van der Waals surface area contributed by atoms with E-state index in [1.165, 1.54) is 0 Å². The molecule has 0 aliphatic heterocycles. The molecule has 1 N–H and O–H groups in total. The van der Waals surface area contributed by atoms with E-state index in [1.54, 1.807) is 31.2 Å². The Morgan fingerprint density at radius 1 is 1.35 bits per heavy atom. The number of nitrogens with zero attached hydrogens (tertiary/aromatic N) is 1. The molecule has 0 aromatic heterocycles. The molecule has 0 fully saturated rings. The summed E-state index contributed by atoms with van der Waals surface area (Å²) in [5, 5.41) is 11.6. The quantitative estimate of drug-likeness (QED) is 0.866. The van der Waals surface area contributed by atoms with Crippen molar-refractivity contribution in [3.63, 3.8) is 0 Å². The smallest absolute Gasteiger partial charge is 0.253 e. The minimum Gasteiger partial charge on any atom is -0.366 e. The lowest BCUT2D eigenvalue weighted by Gasteiger charge is -2.16. The van der Waals surface area contributed by atoms with E-state index >= 15 is 0 Å². The van der Waals surface area contributed by atoms with Crippen molar-refractivity contribution in [3.05, 3.63) is 29.8 Å². The van der Waals surface area contributed by atoms with Crippen LogP contribution < -0.4 is 5.32 Å². The molecule has 0 aliphatic rings. The number of para-hydroxylation sites is 1. The number of rotatable bonds is 4. The zero-order chi connectivity index (χ0) is 12.8. The van der Waals surface area contributed by atoms with Gasteiger partial charge in [0.2, 0.25) is 0 Å². The Hall–Kier alpha value is -1.86. The van der Waals surface area contributed by atoms with Gasteiger partial charge in [0.25, 0.3) is 5.91 Å². The molecule has 90 valence electrons. The fourth-order valence-electron chi connectivity index (χ4n) is 1.39. The first kappa shape index (κ1) is 13.2. The maximum Gasteiger partial charge on any atom is 0.253 e. The number of carbonyl (C=O) groups is 1. The van der Waals surface area contributed by atoms with E-state index in [1.807, 2.05) is 19.9 Å². The first-order valence-corrected chi connectivity index (χ1v) is 5.50. The molecular weight excluding hydrogens is 216 g/mol. The minimum atomic E-state index is -0.540. The number of nitriles is 1. The van der Waals surface area contributed by atoms with Crippen molar-refractivity contribution in [2.24, 2.45) is 0 Å². The second-order valence-electron chi connectivity index (χ2n) is 3.97. The summed E-state index contributed by atoms with van der Waals surface area (Å²) in [4.78, 5) is 11.8. The predicted molar refractivity (Wildman–Crippen MR) is 65.5 cm³/mol. The average Bonchev–Trinajstić information content (AvgIpc) is 2.28. The standard InChI is InChI=1S/C13H16N2O2/c1-9(2)17-10(3)13(16)15-12-7-5-4-6-11(12)8-14/h4-7,9-10H,1-3H3,(H,15,16). The highest BCUT2D eigenvalue weighted by molar-refractivity contribution is 5.95. The lowest BCUT2D eigenvalue weighted by Crippen LogP contribution is -2.30. The van der Waals surface area contributed by atoms with Gasteiger partial charge < -0.3 is 10.1 Å². The highest BCUT2D eigenvalue weighted by Crippen LogP contribution is 2.14. The monoisotopic (exact) mass is 232 g/mol. The van der Waals surface area contributed by atoms with E-state index in [0.29, 0.717) is 11.3 Å². The first-order chi connectivity index (χ1) is 8.04. The molecule has 0 bridgehead atoms. The van der Waals surface area contributed by atoms with Crippen molar-refractivity contribution in [2.45, 2.75) is 33.0 Å². The Labute approximate surface area is 101 Å². The van der Waals surface area contributed by atoms with Gasteiger partial charge in [-0.05, 0) is 32.9 Å². The summed E-state index contributed by atoms with van der Waals surface area (Å²) in [5.74, 6) is -0.249. The summed E-state index contributed by atoms with van der Waals surface area (Å²) < 4.78 is 5.36. The van der Waals surface area contributed by atoms with Crippen molar-refractivity contribution < 1.29 is 9.53 Å². The van der Waals surface area contributed by atoms with Crippen LogP contribution in [0, 0.1) is 11.3 Å². The second-order valence-corrected chi connectivity index (χ2v) is 3.97. The minimum absolute atomic E-state index is 0.0121. The molecule has 0 aliphatic carbocycles. The lowest BCUT2D eigenvalue weighted by atomic mass is 10.2. The molecule has 0 saturated heterocycles. The first-order valence-electron chi connectivity index (χ1n) is 5.50. The third-order valence-electron chi connectivity index (χ3n) is 2.15. The van der Waals surface area contributed by atoms with E-state index in [-0.39, 0.29) is 12.0 Å². The zero-order valence-electron chi connectivity index (χ0n) is 10.2. The Morgan fingerprint density at radius 2 is 2.00 bits per heavy atom. The topological polar surface area (TPSA) is 62.1 Å². The summed E-state index contributed by atoms with van der Waals surface area (Å²) in [6.45, 7) is 5.42. The number of ether oxygens (including phenoxy) is 1. The van der Waals surface area contributed by atoms with E-state index < -0.39 is 6.10 Å². The van der Waals surface area contributed by atoms with E-state index in [9.17, 15) is 4.79 Å². The average molecular weight is 232 g/mol. The Kier molecular flexibility index (Phi) is 4.68. The molecule has 1 unspecified atom stereocenters. The van der Waals surface area contributed by atoms with Gasteiger partial charge >= 0.3 is 0 Å². The van der Waals surface area contributed by atoms with Gasteiger partial charge in [0.1, 0.15) is 12.2 Å². The summed E-state index contributed by atoms with van der Waals surface area (Å²) in [6, 6.07) is 8.89. The molecule has 4 heteroatoms. The van der Waals surface area contributed by atoms with Crippen molar-refractivity contribution in [2.75, 3.05) is 5.32 Å². The van der Waals surface area contributed by atoms with Crippen LogP contribution in [-0.4, -0.2) is 18.1 Å². The molecule has 1 rings (SSSR count). The number of carbonyl (C=O) groups excluding carboxylic acids is 1. The fraction of sp³-hybridized carbons (Fsp3) is 0.385. The molecule has 0 spiro atoms. The van der Waals surface area contributed by atoms with Crippen LogP contribution >= 0.6 is 0 Å². The van der Waals surface area contributed by atoms with Crippen molar-refractivity contribution in [1.82, 2.24) is 0 Å². The zero-order valence-corrected chi connectivity index (χ0v) is 10.2. The van der Waals surface area contributed by atoms with E-state index in [0.717, 1.165) is 0 Å². The van der Waals surface area contributed by atoms with Crippen LogP contribution in [0.5, 0.6) is 0 Å². The number of anilines is 1. The Balaban J connectivity index is 2.71. The van der Waals surface area contributed by atoms with Gasteiger partial charge in [0.15, 0.2) is 0 Å². The normalized spacial score (nSPS) is 11.9. The van der Waals surface area contributed by atoms with Crippen LogP contribution in [0.1, 0.15) is 26.3 Å². The van der Waals surface area contributed by atoms with E-state index in [4.69, 9.17) is 10.00 Å². The van der Waals surface area contributed by atoms with Gasteiger partial charge in [-0.2, -0.15) is 5.26 Å². The molecule has 0 radical (unpaired) electrons. The maximum absolute atomic E-state index is 11.8. The number of benzene rings is 1. The van der Waals surface area contributed by atoms with Crippen LogP contribution in [0.4, 0.5) is 5.69 Å².